The zero-order valence-electron chi connectivity index (χ0n) is 10.5. The Hall–Kier alpha value is -2.48. The molecule has 1 aliphatic rings. The largest absolute Gasteiger partial charge is 0.486 e. The van der Waals surface area contributed by atoms with Crippen molar-refractivity contribution in [1.29, 1.82) is 0 Å². The van der Waals surface area contributed by atoms with Crippen LogP contribution in [0.2, 0.25) is 0 Å². The standard InChI is InChI=1S/C12H14N2O6/c15-6-8(11(16)17)14-12(18)13-7-1-2-9-10(5-7)20-4-3-19-9/h1-2,5,8,15H,3-4,6H2,(H,16,17)(H2,13,14,18)/t8-/m0/s1. The first kappa shape index (κ1) is 13.9. The second kappa shape index (κ2) is 6.11. The second-order valence-electron chi connectivity index (χ2n) is 4.03. The van der Waals surface area contributed by atoms with E-state index in [2.05, 4.69) is 10.6 Å². The van der Waals surface area contributed by atoms with Crippen LogP contribution in [0.4, 0.5) is 10.5 Å². The van der Waals surface area contributed by atoms with E-state index >= 15 is 0 Å². The molecule has 2 rings (SSSR count). The maximum atomic E-state index is 11.6. The molecule has 0 spiro atoms. The van der Waals surface area contributed by atoms with Crippen LogP contribution in [-0.4, -0.2) is 48.1 Å². The number of urea groups is 1. The molecule has 4 N–H and O–H groups in total. The lowest BCUT2D eigenvalue weighted by Crippen LogP contribution is -2.45. The van der Waals surface area contributed by atoms with Crippen molar-refractivity contribution in [1.82, 2.24) is 5.32 Å². The van der Waals surface area contributed by atoms with Crippen molar-refractivity contribution in [2.24, 2.45) is 0 Å². The molecule has 2 amide bonds. The van der Waals surface area contributed by atoms with E-state index in [1.807, 2.05) is 0 Å². The lowest BCUT2D eigenvalue weighted by Gasteiger charge is -2.19. The Balaban J connectivity index is 1.99. The van der Waals surface area contributed by atoms with Crippen LogP contribution in [0.15, 0.2) is 18.2 Å². The summed E-state index contributed by atoms with van der Waals surface area (Å²) in [5, 5.41) is 22.1. The zero-order chi connectivity index (χ0) is 14.5. The van der Waals surface area contributed by atoms with Crippen molar-refractivity contribution in [2.45, 2.75) is 6.04 Å². The van der Waals surface area contributed by atoms with E-state index in [1.165, 1.54) is 0 Å². The molecule has 20 heavy (non-hydrogen) atoms. The maximum absolute atomic E-state index is 11.6. The minimum atomic E-state index is -1.35. The first-order chi connectivity index (χ1) is 9.60. The van der Waals surface area contributed by atoms with Gasteiger partial charge in [-0.25, -0.2) is 9.59 Å². The maximum Gasteiger partial charge on any atom is 0.328 e. The summed E-state index contributed by atoms with van der Waals surface area (Å²) in [6.07, 6.45) is 0. The molecule has 108 valence electrons. The van der Waals surface area contributed by atoms with Crippen molar-refractivity contribution < 1.29 is 29.3 Å². The summed E-state index contributed by atoms with van der Waals surface area (Å²) in [4.78, 5) is 22.3. The number of fused-ring (bicyclic) bond motifs is 1. The van der Waals surface area contributed by atoms with Gasteiger partial charge in [0.2, 0.25) is 0 Å². The number of carboxylic acid groups (broad SMARTS) is 1. The van der Waals surface area contributed by atoms with Crippen LogP contribution in [0.1, 0.15) is 0 Å². The van der Waals surface area contributed by atoms with Crippen LogP contribution in [0.5, 0.6) is 11.5 Å². The molecule has 0 radical (unpaired) electrons. The first-order valence-corrected chi connectivity index (χ1v) is 5.91. The molecule has 0 aromatic heterocycles. The third-order valence-electron chi connectivity index (χ3n) is 2.59. The Kier molecular flexibility index (Phi) is 4.26. The van der Waals surface area contributed by atoms with Gasteiger partial charge in [0.1, 0.15) is 13.2 Å². The Morgan fingerprint density at radius 2 is 1.95 bits per heavy atom. The highest BCUT2D eigenvalue weighted by Gasteiger charge is 2.19. The average Bonchev–Trinajstić information content (AvgIpc) is 2.44. The molecule has 0 fully saturated rings. The summed E-state index contributed by atoms with van der Waals surface area (Å²) < 4.78 is 10.7. The highest BCUT2D eigenvalue weighted by Crippen LogP contribution is 2.32. The summed E-state index contributed by atoms with van der Waals surface area (Å²) in [5.41, 5.74) is 0.425. The minimum Gasteiger partial charge on any atom is -0.486 e. The van der Waals surface area contributed by atoms with Crippen LogP contribution in [0, 0.1) is 0 Å². The summed E-state index contributed by atoms with van der Waals surface area (Å²) >= 11 is 0. The average molecular weight is 282 g/mol. The number of amides is 2. The number of aliphatic carboxylic acids is 1. The predicted molar refractivity (Wildman–Crippen MR) is 68.1 cm³/mol. The van der Waals surface area contributed by atoms with Crippen molar-refractivity contribution in [3.05, 3.63) is 18.2 Å². The molecule has 0 unspecified atom stereocenters. The van der Waals surface area contributed by atoms with Crippen molar-refractivity contribution in [2.75, 3.05) is 25.1 Å². The minimum absolute atomic E-state index is 0.425. The van der Waals surface area contributed by atoms with E-state index < -0.39 is 24.6 Å². The van der Waals surface area contributed by atoms with Gasteiger partial charge >= 0.3 is 12.0 Å². The SMILES string of the molecule is O=C(Nc1ccc2c(c1)OCCO2)N[C@@H](CO)C(=O)O. The Morgan fingerprint density at radius 3 is 2.60 bits per heavy atom. The van der Waals surface area contributed by atoms with Crippen LogP contribution in [0.25, 0.3) is 0 Å². The van der Waals surface area contributed by atoms with Gasteiger partial charge in [-0.2, -0.15) is 0 Å². The Labute approximate surface area is 114 Å². The van der Waals surface area contributed by atoms with Gasteiger partial charge in [-0.05, 0) is 12.1 Å². The summed E-state index contributed by atoms with van der Waals surface area (Å²) in [6.45, 7) is 0.204. The molecule has 0 bridgehead atoms. The first-order valence-electron chi connectivity index (χ1n) is 5.91. The second-order valence-corrected chi connectivity index (χ2v) is 4.03. The third kappa shape index (κ3) is 3.29. The van der Waals surface area contributed by atoms with Gasteiger partial charge in [0.05, 0.1) is 6.61 Å². The molecular weight excluding hydrogens is 268 g/mol. The van der Waals surface area contributed by atoms with Gasteiger partial charge in [0.25, 0.3) is 0 Å². The van der Waals surface area contributed by atoms with Crippen molar-refractivity contribution in [3.63, 3.8) is 0 Å². The number of aliphatic hydroxyl groups is 1. The molecule has 8 heteroatoms. The lowest BCUT2D eigenvalue weighted by molar-refractivity contribution is -0.140. The number of ether oxygens (including phenoxy) is 2. The highest BCUT2D eigenvalue weighted by molar-refractivity contribution is 5.92. The van der Waals surface area contributed by atoms with E-state index in [0.717, 1.165) is 0 Å². The van der Waals surface area contributed by atoms with Crippen molar-refractivity contribution in [3.8, 4) is 11.5 Å². The van der Waals surface area contributed by atoms with Crippen LogP contribution in [-0.2, 0) is 4.79 Å². The van der Waals surface area contributed by atoms with Gasteiger partial charge < -0.3 is 30.3 Å². The molecular formula is C12H14N2O6. The number of carbonyl (C=O) groups is 2. The van der Waals surface area contributed by atoms with Gasteiger partial charge in [0.15, 0.2) is 17.5 Å². The number of anilines is 1. The zero-order valence-corrected chi connectivity index (χ0v) is 10.5. The van der Waals surface area contributed by atoms with Crippen LogP contribution in [0.3, 0.4) is 0 Å². The van der Waals surface area contributed by atoms with Crippen LogP contribution < -0.4 is 20.1 Å². The number of hydrogen-bond donors (Lipinski definition) is 4. The van der Waals surface area contributed by atoms with Gasteiger partial charge in [-0.3, -0.25) is 0 Å². The molecule has 0 saturated heterocycles. The van der Waals surface area contributed by atoms with Gasteiger partial charge in [-0.1, -0.05) is 0 Å². The summed E-state index contributed by atoms with van der Waals surface area (Å²) in [7, 11) is 0. The molecule has 0 aliphatic carbocycles. The number of nitrogens with one attached hydrogen (secondary N) is 2. The fourth-order valence-electron chi connectivity index (χ4n) is 1.63. The van der Waals surface area contributed by atoms with Gasteiger partial charge in [-0.15, -0.1) is 0 Å². The molecule has 1 aliphatic heterocycles. The van der Waals surface area contributed by atoms with Crippen LogP contribution >= 0.6 is 0 Å². The quantitative estimate of drug-likeness (QED) is 0.618. The number of benzene rings is 1. The molecule has 0 saturated carbocycles. The number of carboxylic acids is 1. The number of aliphatic hydroxyl groups excluding tert-OH is 1. The van der Waals surface area contributed by atoms with Gasteiger partial charge in [0, 0.05) is 11.8 Å². The normalized spacial score (nSPS) is 14.2. The summed E-state index contributed by atoms with van der Waals surface area (Å²) in [6, 6.07) is 2.73. The topological polar surface area (TPSA) is 117 Å². The van der Waals surface area contributed by atoms with E-state index in [1.54, 1.807) is 18.2 Å². The number of carbonyl (C=O) groups excluding carboxylic acids is 1. The van der Waals surface area contributed by atoms with E-state index in [9.17, 15) is 9.59 Å². The monoisotopic (exact) mass is 282 g/mol. The fraction of sp³-hybridized carbons (Fsp3) is 0.333. The molecule has 1 heterocycles. The van der Waals surface area contributed by atoms with E-state index in [4.69, 9.17) is 19.7 Å². The summed E-state index contributed by atoms with van der Waals surface area (Å²) in [5.74, 6) is -0.225. The fourth-order valence-corrected chi connectivity index (χ4v) is 1.63. The number of rotatable bonds is 4. The number of hydrogen-bond acceptors (Lipinski definition) is 5. The Morgan fingerprint density at radius 1 is 1.25 bits per heavy atom. The molecule has 1 atom stereocenters. The van der Waals surface area contributed by atoms with E-state index in [0.29, 0.717) is 30.4 Å². The molecule has 1 aromatic rings. The molecule has 1 aromatic carbocycles. The van der Waals surface area contributed by atoms with E-state index in [-0.39, 0.29) is 0 Å². The van der Waals surface area contributed by atoms with Crippen molar-refractivity contribution >= 4 is 17.7 Å². The lowest BCUT2D eigenvalue weighted by atomic mass is 10.2. The third-order valence-corrected chi connectivity index (χ3v) is 2.59. The highest BCUT2D eigenvalue weighted by atomic mass is 16.6. The Bertz CT molecular complexity index is 519. The predicted octanol–water partition coefficient (Wildman–Crippen LogP) is 0.0248. The smallest absolute Gasteiger partial charge is 0.328 e. The molecule has 8 nitrogen and oxygen atoms in total.